The molecule has 12 heteroatoms. The number of benzene rings is 3. The molecule has 1 heterocycles. The summed E-state index contributed by atoms with van der Waals surface area (Å²) in [7, 11) is 1.39. The predicted molar refractivity (Wildman–Crippen MR) is 153 cm³/mol. The summed E-state index contributed by atoms with van der Waals surface area (Å²) < 4.78 is 10.7. The Kier molecular flexibility index (Phi) is 9.31. The van der Waals surface area contributed by atoms with Crippen LogP contribution in [-0.2, 0) is 4.79 Å². The molecule has 0 atom stereocenters. The zero-order valence-corrected chi connectivity index (χ0v) is 22.3. The van der Waals surface area contributed by atoms with Gasteiger partial charge in [0, 0.05) is 22.6 Å². The maximum atomic E-state index is 12.9. The Morgan fingerprint density at radius 2 is 1.68 bits per heavy atom. The van der Waals surface area contributed by atoms with Crippen molar-refractivity contribution in [3.05, 3.63) is 128 Å². The van der Waals surface area contributed by atoms with Gasteiger partial charge in [-0.05, 0) is 65.6 Å². The van der Waals surface area contributed by atoms with Gasteiger partial charge in [0.05, 0.1) is 23.8 Å². The van der Waals surface area contributed by atoms with Crippen LogP contribution in [0.3, 0.4) is 0 Å². The Bertz CT molecular complexity index is 1620. The maximum absolute atomic E-state index is 12.9. The van der Waals surface area contributed by atoms with E-state index in [1.54, 1.807) is 48.5 Å². The van der Waals surface area contributed by atoms with Gasteiger partial charge >= 0.3 is 5.97 Å². The normalized spacial score (nSPS) is 11.1. The van der Waals surface area contributed by atoms with Crippen LogP contribution < -0.4 is 20.2 Å². The van der Waals surface area contributed by atoms with Crippen molar-refractivity contribution in [2.24, 2.45) is 5.10 Å². The van der Waals surface area contributed by atoms with Crippen LogP contribution in [0.2, 0.25) is 0 Å². The molecule has 0 fully saturated rings. The fourth-order valence-electron chi connectivity index (χ4n) is 3.41. The molecule has 41 heavy (non-hydrogen) atoms. The van der Waals surface area contributed by atoms with Crippen LogP contribution in [0.5, 0.6) is 11.5 Å². The van der Waals surface area contributed by atoms with Crippen molar-refractivity contribution in [2.45, 2.75) is 0 Å². The fourth-order valence-corrected chi connectivity index (χ4v) is 4.07. The van der Waals surface area contributed by atoms with Crippen molar-refractivity contribution in [3.8, 4) is 11.5 Å². The summed E-state index contributed by atoms with van der Waals surface area (Å²) in [5.74, 6) is -1.49. The van der Waals surface area contributed by atoms with E-state index in [2.05, 4.69) is 15.8 Å². The quantitative estimate of drug-likeness (QED) is 0.0694. The lowest BCUT2D eigenvalue weighted by Gasteiger charge is -2.10. The van der Waals surface area contributed by atoms with E-state index in [1.165, 1.54) is 61.1 Å². The predicted octanol–water partition coefficient (Wildman–Crippen LogP) is 4.81. The molecule has 2 amide bonds. The average molecular weight is 571 g/mol. The molecule has 0 saturated heterocycles. The molecule has 0 bridgehead atoms. The van der Waals surface area contributed by atoms with E-state index in [4.69, 9.17) is 9.47 Å². The number of non-ortho nitro benzene ring substituents is 1. The number of ether oxygens (including phenoxy) is 2. The van der Waals surface area contributed by atoms with E-state index in [1.807, 2.05) is 11.4 Å². The van der Waals surface area contributed by atoms with Crippen LogP contribution in [0.25, 0.3) is 6.08 Å². The Morgan fingerprint density at radius 3 is 2.34 bits per heavy atom. The van der Waals surface area contributed by atoms with Gasteiger partial charge in [0.15, 0.2) is 11.5 Å². The van der Waals surface area contributed by atoms with Crippen LogP contribution in [0.15, 0.2) is 101 Å². The second-order valence-corrected chi connectivity index (χ2v) is 9.18. The highest BCUT2D eigenvalue weighted by atomic mass is 32.1. The number of methoxy groups -OCH3 is 1. The number of nitrogens with one attached hydrogen (secondary N) is 2. The third-order valence-electron chi connectivity index (χ3n) is 5.44. The molecule has 0 aliphatic rings. The molecule has 0 saturated carbocycles. The number of hydrazone groups is 1. The molecule has 0 unspecified atom stereocenters. The highest BCUT2D eigenvalue weighted by Gasteiger charge is 2.16. The first-order valence-electron chi connectivity index (χ1n) is 11.9. The fraction of sp³-hybridized carbons (Fsp3) is 0.0345. The lowest BCUT2D eigenvalue weighted by atomic mass is 10.2. The summed E-state index contributed by atoms with van der Waals surface area (Å²) in [6, 6.07) is 21.7. The lowest BCUT2D eigenvalue weighted by Crippen LogP contribution is -2.32. The Hall–Kier alpha value is -5.62. The second-order valence-electron chi connectivity index (χ2n) is 8.20. The summed E-state index contributed by atoms with van der Waals surface area (Å²) >= 11 is 1.40. The molecule has 0 aliphatic heterocycles. The minimum Gasteiger partial charge on any atom is -0.493 e. The number of carbonyl (C=O) groups is 3. The summed E-state index contributed by atoms with van der Waals surface area (Å²) in [4.78, 5) is 49.0. The van der Waals surface area contributed by atoms with Crippen molar-refractivity contribution in [1.29, 1.82) is 0 Å². The largest absolute Gasteiger partial charge is 0.493 e. The lowest BCUT2D eigenvalue weighted by molar-refractivity contribution is -0.384. The number of rotatable bonds is 10. The first-order chi connectivity index (χ1) is 19.8. The van der Waals surface area contributed by atoms with E-state index in [0.717, 1.165) is 4.88 Å². The van der Waals surface area contributed by atoms with E-state index in [0.29, 0.717) is 11.1 Å². The minimum absolute atomic E-state index is 0.00420. The zero-order valence-electron chi connectivity index (χ0n) is 21.5. The molecule has 0 radical (unpaired) electrons. The molecule has 3 aromatic carbocycles. The summed E-state index contributed by atoms with van der Waals surface area (Å²) in [6.07, 6.45) is 2.90. The van der Waals surface area contributed by atoms with Gasteiger partial charge < -0.3 is 14.8 Å². The smallest absolute Gasteiger partial charge is 0.343 e. The second kappa shape index (κ2) is 13.4. The van der Waals surface area contributed by atoms with E-state index in [-0.39, 0.29) is 28.4 Å². The van der Waals surface area contributed by atoms with Crippen molar-refractivity contribution >= 4 is 47.1 Å². The Balaban J connectivity index is 1.43. The first-order valence-corrected chi connectivity index (χ1v) is 12.8. The van der Waals surface area contributed by atoms with Crippen molar-refractivity contribution in [3.63, 3.8) is 0 Å². The maximum Gasteiger partial charge on any atom is 0.343 e. The van der Waals surface area contributed by atoms with Gasteiger partial charge in [-0.2, -0.15) is 5.10 Å². The average Bonchev–Trinajstić information content (AvgIpc) is 3.51. The zero-order chi connectivity index (χ0) is 29.2. The van der Waals surface area contributed by atoms with Gasteiger partial charge in [0.2, 0.25) is 0 Å². The summed E-state index contributed by atoms with van der Waals surface area (Å²) in [5.41, 5.74) is 3.27. The third-order valence-corrected chi connectivity index (χ3v) is 6.26. The number of thiophene rings is 1. The molecule has 0 spiro atoms. The van der Waals surface area contributed by atoms with Gasteiger partial charge in [0.1, 0.15) is 5.70 Å². The number of esters is 1. The number of amides is 2. The molecule has 4 rings (SSSR count). The minimum atomic E-state index is -0.727. The van der Waals surface area contributed by atoms with E-state index in [9.17, 15) is 24.5 Å². The molecule has 4 aromatic rings. The van der Waals surface area contributed by atoms with Gasteiger partial charge in [0.25, 0.3) is 17.5 Å². The standard InChI is InChI=1S/C29H22N4O7S/c1-39-26-16-19(9-14-25(26)40-29(36)21-10-12-22(13-11-21)33(37)38)18-30-32-28(35)24(17-23-8-5-15-41-23)31-27(34)20-6-3-2-4-7-20/h2-18H,1H3,(H,31,34)(H,32,35)/b24-17+,30-18+. The number of hydrogen-bond donors (Lipinski definition) is 2. The number of nitro benzene ring substituents is 1. The van der Waals surface area contributed by atoms with Crippen LogP contribution in [0, 0.1) is 10.1 Å². The van der Waals surface area contributed by atoms with E-state index >= 15 is 0 Å². The van der Waals surface area contributed by atoms with Gasteiger partial charge in [-0.25, -0.2) is 10.2 Å². The molecule has 11 nitrogen and oxygen atoms in total. The van der Waals surface area contributed by atoms with E-state index < -0.39 is 22.7 Å². The molecular formula is C29H22N4O7S. The van der Waals surface area contributed by atoms with Crippen molar-refractivity contribution in [2.75, 3.05) is 7.11 Å². The van der Waals surface area contributed by atoms with Gasteiger partial charge in [-0.3, -0.25) is 19.7 Å². The molecular weight excluding hydrogens is 548 g/mol. The van der Waals surface area contributed by atoms with Gasteiger partial charge in [-0.15, -0.1) is 11.3 Å². The van der Waals surface area contributed by atoms with Crippen LogP contribution in [0.4, 0.5) is 5.69 Å². The van der Waals surface area contributed by atoms with Crippen molar-refractivity contribution < 1.29 is 28.8 Å². The SMILES string of the molecule is COc1cc(/C=N/NC(=O)/C(=C\c2cccs2)NC(=O)c2ccccc2)ccc1OC(=O)c1ccc([N+](=O)[O-])cc1. The molecule has 0 aliphatic carbocycles. The Morgan fingerprint density at radius 1 is 0.927 bits per heavy atom. The van der Waals surface area contributed by atoms with Gasteiger partial charge in [-0.1, -0.05) is 24.3 Å². The molecule has 1 aromatic heterocycles. The monoisotopic (exact) mass is 570 g/mol. The van der Waals surface area contributed by atoms with Crippen LogP contribution in [-0.4, -0.2) is 36.0 Å². The van der Waals surface area contributed by atoms with Crippen LogP contribution >= 0.6 is 11.3 Å². The number of nitro groups is 1. The molecule has 2 N–H and O–H groups in total. The molecule has 206 valence electrons. The Labute approximate surface area is 237 Å². The number of carbonyl (C=O) groups excluding carboxylic acids is 3. The first kappa shape index (κ1) is 28.4. The highest BCUT2D eigenvalue weighted by molar-refractivity contribution is 7.10. The highest BCUT2D eigenvalue weighted by Crippen LogP contribution is 2.28. The topological polar surface area (TPSA) is 149 Å². The van der Waals surface area contributed by atoms with Crippen molar-refractivity contribution in [1.82, 2.24) is 10.7 Å². The van der Waals surface area contributed by atoms with Crippen LogP contribution in [0.1, 0.15) is 31.2 Å². The number of hydrogen-bond acceptors (Lipinski definition) is 9. The summed E-state index contributed by atoms with van der Waals surface area (Å²) in [5, 5.41) is 19.3. The summed E-state index contributed by atoms with van der Waals surface area (Å²) in [6.45, 7) is 0. The third kappa shape index (κ3) is 7.71. The number of nitrogens with zero attached hydrogens (tertiary/aromatic N) is 2.